The number of rotatable bonds is 2. The minimum Gasteiger partial charge on any atom is -0.317 e. The number of nitrogens with zero attached hydrogens (tertiary/aromatic N) is 2. The summed E-state index contributed by atoms with van der Waals surface area (Å²) in [5.41, 5.74) is 4.61. The number of hydrogen-bond donors (Lipinski definition) is 1. The Bertz CT molecular complexity index is 975. The molecule has 28 heavy (non-hydrogen) atoms. The molecule has 2 aliphatic rings. The van der Waals surface area contributed by atoms with Gasteiger partial charge in [0.1, 0.15) is 0 Å². The number of hydrogen-bond acceptors (Lipinski definition) is 4. The summed E-state index contributed by atoms with van der Waals surface area (Å²) in [6.45, 7) is 1.76. The zero-order chi connectivity index (χ0) is 19.6. The third-order valence-corrected chi connectivity index (χ3v) is 5.68. The normalized spacial score (nSPS) is 20.6. The Labute approximate surface area is 164 Å². The Morgan fingerprint density at radius 1 is 0.786 bits per heavy atom. The molecule has 2 aromatic rings. The molecule has 1 aliphatic carbocycles. The van der Waals surface area contributed by atoms with Crippen molar-refractivity contribution in [2.45, 2.75) is 12.8 Å². The Balaban J connectivity index is 1.71. The van der Waals surface area contributed by atoms with E-state index in [1.807, 2.05) is 36.4 Å². The number of carbonyl (C=O) groups excluding carboxylic acids is 1. The third-order valence-electron chi connectivity index (χ3n) is 5.68. The van der Waals surface area contributed by atoms with Crippen molar-refractivity contribution in [3.8, 4) is 12.1 Å². The number of benzene rings is 2. The quantitative estimate of drug-likeness (QED) is 0.820. The molecule has 0 bridgehead atoms. The molecule has 4 heteroatoms. The zero-order valence-electron chi connectivity index (χ0n) is 15.4. The van der Waals surface area contributed by atoms with Crippen LogP contribution < -0.4 is 5.32 Å². The van der Waals surface area contributed by atoms with Crippen molar-refractivity contribution < 1.29 is 4.79 Å². The minimum atomic E-state index is -0.218. The van der Waals surface area contributed by atoms with Gasteiger partial charge in [0.15, 0.2) is 5.78 Å². The molecule has 2 fully saturated rings. The first-order chi connectivity index (χ1) is 13.7. The maximum Gasteiger partial charge on any atom is 0.186 e. The lowest BCUT2D eigenvalue weighted by Gasteiger charge is -2.48. The molecule has 1 saturated heterocycles. The van der Waals surface area contributed by atoms with E-state index in [-0.39, 0.29) is 11.2 Å². The first-order valence-electron chi connectivity index (χ1n) is 9.36. The molecule has 1 aliphatic heterocycles. The van der Waals surface area contributed by atoms with Crippen molar-refractivity contribution in [3.05, 3.63) is 81.9 Å². The molecule has 0 radical (unpaired) electrons. The molecule has 0 amide bonds. The van der Waals surface area contributed by atoms with Gasteiger partial charge in [-0.3, -0.25) is 4.79 Å². The molecule has 0 atom stereocenters. The zero-order valence-corrected chi connectivity index (χ0v) is 15.4. The van der Waals surface area contributed by atoms with Gasteiger partial charge in [0, 0.05) is 16.6 Å². The Morgan fingerprint density at radius 3 is 1.61 bits per heavy atom. The number of nitrogens with one attached hydrogen (secondary N) is 1. The number of ketones is 1. The van der Waals surface area contributed by atoms with Crippen molar-refractivity contribution in [2.75, 3.05) is 13.1 Å². The van der Waals surface area contributed by atoms with E-state index in [0.29, 0.717) is 11.1 Å². The van der Waals surface area contributed by atoms with Crippen LogP contribution in [-0.2, 0) is 4.79 Å². The van der Waals surface area contributed by atoms with Crippen LogP contribution in [-0.4, -0.2) is 18.9 Å². The van der Waals surface area contributed by atoms with Crippen LogP contribution in [0, 0.1) is 28.1 Å². The van der Waals surface area contributed by atoms with Crippen LogP contribution in [0.5, 0.6) is 0 Å². The summed E-state index contributed by atoms with van der Waals surface area (Å²) < 4.78 is 0. The van der Waals surface area contributed by atoms with E-state index in [2.05, 4.69) is 17.5 Å². The highest BCUT2D eigenvalue weighted by Crippen LogP contribution is 2.55. The van der Waals surface area contributed by atoms with Crippen LogP contribution in [0.25, 0.3) is 12.2 Å². The third kappa shape index (κ3) is 3.05. The van der Waals surface area contributed by atoms with Crippen LogP contribution in [0.2, 0.25) is 0 Å². The summed E-state index contributed by atoms with van der Waals surface area (Å²) in [5.74, 6) is 0.0932. The maximum absolute atomic E-state index is 13.0. The lowest BCUT2D eigenvalue weighted by molar-refractivity contribution is -0.118. The maximum atomic E-state index is 13.0. The highest BCUT2D eigenvalue weighted by Gasteiger charge is 2.53. The highest BCUT2D eigenvalue weighted by atomic mass is 16.1. The van der Waals surface area contributed by atoms with Gasteiger partial charge >= 0.3 is 0 Å². The lowest BCUT2D eigenvalue weighted by atomic mass is 9.54. The molecule has 1 heterocycles. The van der Waals surface area contributed by atoms with Crippen molar-refractivity contribution in [3.63, 3.8) is 0 Å². The molecule has 2 aromatic carbocycles. The minimum absolute atomic E-state index is 0.0932. The fourth-order valence-corrected chi connectivity index (χ4v) is 4.10. The van der Waals surface area contributed by atoms with Crippen LogP contribution >= 0.6 is 0 Å². The summed E-state index contributed by atoms with van der Waals surface area (Å²) in [5, 5.41) is 21.3. The Kier molecular flexibility index (Phi) is 4.65. The second-order valence-corrected chi connectivity index (χ2v) is 7.24. The molecule has 1 spiro atoms. The van der Waals surface area contributed by atoms with E-state index >= 15 is 0 Å². The lowest BCUT2D eigenvalue weighted by Crippen LogP contribution is -2.50. The van der Waals surface area contributed by atoms with Gasteiger partial charge in [-0.25, -0.2) is 0 Å². The second kappa shape index (κ2) is 7.27. The van der Waals surface area contributed by atoms with E-state index in [0.717, 1.165) is 48.2 Å². The summed E-state index contributed by atoms with van der Waals surface area (Å²) in [6, 6.07) is 18.9. The molecule has 1 saturated carbocycles. The van der Waals surface area contributed by atoms with Gasteiger partial charge in [0.05, 0.1) is 23.3 Å². The first-order valence-corrected chi connectivity index (χ1v) is 9.36. The number of carbonyl (C=O) groups is 1. The van der Waals surface area contributed by atoms with Crippen molar-refractivity contribution in [1.82, 2.24) is 5.32 Å². The predicted molar refractivity (Wildman–Crippen MR) is 108 cm³/mol. The molecule has 4 nitrogen and oxygen atoms in total. The average Bonchev–Trinajstić information content (AvgIpc) is 2.77. The number of nitriles is 2. The van der Waals surface area contributed by atoms with Crippen LogP contribution in [0.15, 0.2) is 59.7 Å². The average molecular weight is 365 g/mol. The van der Waals surface area contributed by atoms with E-state index in [4.69, 9.17) is 10.5 Å². The molecule has 0 aromatic heterocycles. The summed E-state index contributed by atoms with van der Waals surface area (Å²) in [7, 11) is 0. The first kappa shape index (κ1) is 17.9. The topological polar surface area (TPSA) is 76.7 Å². The smallest absolute Gasteiger partial charge is 0.186 e. The van der Waals surface area contributed by atoms with Crippen molar-refractivity contribution in [1.29, 1.82) is 10.5 Å². The number of allylic oxidation sites excluding steroid dienone is 2. The number of piperidine rings is 1. The molecule has 136 valence electrons. The summed E-state index contributed by atoms with van der Waals surface area (Å²) in [6.07, 6.45) is 5.74. The summed E-state index contributed by atoms with van der Waals surface area (Å²) in [4.78, 5) is 13.0. The molecule has 1 N–H and O–H groups in total. The fourth-order valence-electron chi connectivity index (χ4n) is 4.10. The van der Waals surface area contributed by atoms with Gasteiger partial charge in [-0.1, -0.05) is 24.3 Å². The Morgan fingerprint density at radius 2 is 1.21 bits per heavy atom. The van der Waals surface area contributed by atoms with E-state index < -0.39 is 0 Å². The van der Waals surface area contributed by atoms with Crippen LogP contribution in [0.3, 0.4) is 0 Å². The molecule has 4 rings (SSSR count). The van der Waals surface area contributed by atoms with Gasteiger partial charge in [-0.2, -0.15) is 10.5 Å². The van der Waals surface area contributed by atoms with Gasteiger partial charge < -0.3 is 5.32 Å². The van der Waals surface area contributed by atoms with E-state index in [1.54, 1.807) is 24.3 Å². The van der Waals surface area contributed by atoms with Crippen molar-refractivity contribution >= 4 is 17.9 Å². The van der Waals surface area contributed by atoms with Gasteiger partial charge in [-0.05, 0) is 73.5 Å². The second-order valence-electron chi connectivity index (χ2n) is 7.24. The van der Waals surface area contributed by atoms with E-state index in [9.17, 15) is 4.79 Å². The van der Waals surface area contributed by atoms with Gasteiger partial charge in [-0.15, -0.1) is 0 Å². The van der Waals surface area contributed by atoms with Crippen molar-refractivity contribution in [2.24, 2.45) is 5.41 Å². The molecular weight excluding hydrogens is 346 g/mol. The predicted octanol–water partition coefficient (Wildman–Crippen LogP) is 3.85. The monoisotopic (exact) mass is 365 g/mol. The van der Waals surface area contributed by atoms with Crippen LogP contribution in [0.4, 0.5) is 0 Å². The Hall–Kier alpha value is -3.47. The van der Waals surface area contributed by atoms with Gasteiger partial charge in [0.2, 0.25) is 0 Å². The SMILES string of the molecule is N#Cc1ccc(/C=C2/C(=O)/C(=C/c3ccc(C#N)cc3)C23CCNCC3)cc1. The van der Waals surface area contributed by atoms with Gasteiger partial charge in [0.25, 0.3) is 0 Å². The van der Waals surface area contributed by atoms with E-state index in [1.165, 1.54) is 0 Å². The molecular formula is C24H19N3O. The standard InChI is InChI=1S/C24H19N3O/c25-15-19-5-1-17(2-6-19)13-21-23(28)22(24(21)9-11-27-12-10-24)14-18-3-7-20(16-26)8-4-18/h1-8,13-14,27H,9-12H2/b21-13-,22-14-. The van der Waals surface area contributed by atoms with Crippen LogP contribution in [0.1, 0.15) is 35.1 Å². The summed E-state index contributed by atoms with van der Waals surface area (Å²) >= 11 is 0. The molecule has 0 unspecified atom stereocenters. The fraction of sp³-hybridized carbons (Fsp3) is 0.208. The largest absolute Gasteiger partial charge is 0.317 e. The highest BCUT2D eigenvalue weighted by molar-refractivity contribution is 6.23. The number of Topliss-reactive ketones (excluding diaryl/α,β-unsaturated/α-hetero) is 1.